The predicted molar refractivity (Wildman–Crippen MR) is 80.8 cm³/mol. The summed E-state index contributed by atoms with van der Waals surface area (Å²) in [6.07, 6.45) is 0. The number of nitrogens with one attached hydrogen (secondary N) is 1. The molecule has 1 aromatic rings. The predicted octanol–water partition coefficient (Wildman–Crippen LogP) is 3.51. The van der Waals surface area contributed by atoms with Gasteiger partial charge in [0.2, 0.25) is 5.91 Å². The maximum atomic E-state index is 12.0. The van der Waals surface area contributed by atoms with Crippen LogP contribution < -0.4 is 5.32 Å². The summed E-state index contributed by atoms with van der Waals surface area (Å²) in [4.78, 5) is 13.7. The lowest BCUT2D eigenvalue weighted by atomic mass is 10.1. The molecular formula is C14H20Cl2N2O. The first kappa shape index (κ1) is 16.3. The number of hydrogen-bond donors (Lipinski definition) is 1. The van der Waals surface area contributed by atoms with Crippen molar-refractivity contribution in [3.63, 3.8) is 0 Å². The summed E-state index contributed by atoms with van der Waals surface area (Å²) in [6.45, 7) is 6.45. The molecule has 1 amide bonds. The number of halogens is 2. The van der Waals surface area contributed by atoms with E-state index in [2.05, 4.69) is 5.32 Å². The highest BCUT2D eigenvalue weighted by atomic mass is 35.5. The van der Waals surface area contributed by atoms with Crippen LogP contribution in [0.1, 0.15) is 32.4 Å². The molecule has 0 saturated carbocycles. The highest BCUT2D eigenvalue weighted by Gasteiger charge is 2.20. The third-order valence-electron chi connectivity index (χ3n) is 3.15. The van der Waals surface area contributed by atoms with E-state index in [0.717, 1.165) is 5.56 Å². The van der Waals surface area contributed by atoms with Crippen LogP contribution in [0.4, 0.5) is 0 Å². The fourth-order valence-electron chi connectivity index (χ4n) is 1.87. The van der Waals surface area contributed by atoms with Crippen LogP contribution in [0.5, 0.6) is 0 Å². The van der Waals surface area contributed by atoms with Gasteiger partial charge < -0.3 is 4.90 Å². The minimum absolute atomic E-state index is 0.0459. The molecule has 2 unspecified atom stereocenters. The van der Waals surface area contributed by atoms with Gasteiger partial charge in [0.15, 0.2) is 0 Å². The quantitative estimate of drug-likeness (QED) is 0.903. The molecule has 2 atom stereocenters. The number of hydrogen-bond acceptors (Lipinski definition) is 2. The molecule has 0 spiro atoms. The average Bonchev–Trinajstić information content (AvgIpc) is 2.39. The molecule has 0 aliphatic carbocycles. The van der Waals surface area contributed by atoms with Gasteiger partial charge in [0, 0.05) is 29.7 Å². The molecule has 19 heavy (non-hydrogen) atoms. The van der Waals surface area contributed by atoms with Crippen molar-refractivity contribution in [2.75, 3.05) is 13.6 Å². The lowest BCUT2D eigenvalue weighted by Crippen LogP contribution is -2.43. The lowest BCUT2D eigenvalue weighted by Gasteiger charge is -2.24. The van der Waals surface area contributed by atoms with E-state index in [1.54, 1.807) is 24.1 Å². The van der Waals surface area contributed by atoms with Crippen molar-refractivity contribution in [1.29, 1.82) is 0 Å². The molecular weight excluding hydrogens is 283 g/mol. The molecule has 0 heterocycles. The lowest BCUT2D eigenvalue weighted by molar-refractivity contribution is -0.131. The second-order valence-corrected chi connectivity index (χ2v) is 5.47. The van der Waals surface area contributed by atoms with E-state index in [4.69, 9.17) is 23.2 Å². The number of benzene rings is 1. The zero-order chi connectivity index (χ0) is 14.6. The van der Waals surface area contributed by atoms with E-state index in [9.17, 15) is 4.79 Å². The summed E-state index contributed by atoms with van der Waals surface area (Å²) < 4.78 is 0. The summed E-state index contributed by atoms with van der Waals surface area (Å²) in [5.41, 5.74) is 0.896. The van der Waals surface area contributed by atoms with Crippen LogP contribution in [0.25, 0.3) is 0 Å². The number of likely N-dealkylation sites (N-methyl/N-ethyl adjacent to an activating group) is 1. The van der Waals surface area contributed by atoms with Crippen LogP contribution in [-0.2, 0) is 4.79 Å². The fourth-order valence-corrected chi connectivity index (χ4v) is 2.33. The van der Waals surface area contributed by atoms with Gasteiger partial charge in [0.05, 0.1) is 6.04 Å². The van der Waals surface area contributed by atoms with Crippen LogP contribution in [0.2, 0.25) is 10.0 Å². The molecule has 0 radical (unpaired) electrons. The Morgan fingerprint density at radius 1 is 1.37 bits per heavy atom. The summed E-state index contributed by atoms with van der Waals surface area (Å²) in [7, 11) is 1.79. The first-order valence-corrected chi connectivity index (χ1v) is 7.08. The summed E-state index contributed by atoms with van der Waals surface area (Å²) in [5, 5.41) is 4.53. The summed E-state index contributed by atoms with van der Waals surface area (Å²) in [5.74, 6) is 0.0625. The zero-order valence-corrected chi connectivity index (χ0v) is 13.2. The van der Waals surface area contributed by atoms with Gasteiger partial charge in [-0.2, -0.15) is 0 Å². The van der Waals surface area contributed by atoms with Crippen LogP contribution in [0.15, 0.2) is 18.2 Å². The van der Waals surface area contributed by atoms with Gasteiger partial charge >= 0.3 is 0 Å². The molecule has 0 aliphatic rings. The molecule has 5 heteroatoms. The Kier molecular flexibility index (Phi) is 6.11. The third kappa shape index (κ3) is 4.37. The molecule has 0 bridgehead atoms. The number of amides is 1. The Bertz CT molecular complexity index is 451. The van der Waals surface area contributed by atoms with Crippen molar-refractivity contribution in [2.45, 2.75) is 32.9 Å². The van der Waals surface area contributed by atoms with Crippen molar-refractivity contribution in [2.24, 2.45) is 0 Å². The van der Waals surface area contributed by atoms with Crippen molar-refractivity contribution in [3.05, 3.63) is 33.8 Å². The van der Waals surface area contributed by atoms with Crippen LogP contribution in [0, 0.1) is 0 Å². The van der Waals surface area contributed by atoms with Crippen LogP contribution in [0.3, 0.4) is 0 Å². The normalized spacial score (nSPS) is 14.0. The van der Waals surface area contributed by atoms with Gasteiger partial charge in [-0.15, -0.1) is 0 Å². The fraction of sp³-hybridized carbons (Fsp3) is 0.500. The standard InChI is InChI=1S/C14H20Cl2N2O/c1-5-18(4)14(19)10(3)17-9(2)12-8-11(15)6-7-13(12)16/h6-10,17H,5H2,1-4H3. The first-order valence-electron chi connectivity index (χ1n) is 6.32. The topological polar surface area (TPSA) is 32.3 Å². The van der Waals surface area contributed by atoms with E-state index >= 15 is 0 Å². The van der Waals surface area contributed by atoms with Gasteiger partial charge in [-0.3, -0.25) is 10.1 Å². The van der Waals surface area contributed by atoms with E-state index in [1.807, 2.05) is 26.8 Å². The van der Waals surface area contributed by atoms with E-state index in [0.29, 0.717) is 16.6 Å². The highest BCUT2D eigenvalue weighted by molar-refractivity contribution is 6.33. The monoisotopic (exact) mass is 302 g/mol. The Labute approximate surface area is 124 Å². The number of carbonyl (C=O) groups is 1. The Hall–Kier alpha value is -0.770. The van der Waals surface area contributed by atoms with E-state index < -0.39 is 0 Å². The second-order valence-electron chi connectivity index (χ2n) is 4.63. The molecule has 1 aromatic carbocycles. The van der Waals surface area contributed by atoms with Gasteiger partial charge in [0.1, 0.15) is 0 Å². The molecule has 1 N–H and O–H groups in total. The van der Waals surface area contributed by atoms with E-state index in [-0.39, 0.29) is 18.0 Å². The smallest absolute Gasteiger partial charge is 0.239 e. The molecule has 0 fully saturated rings. The van der Waals surface area contributed by atoms with Gasteiger partial charge in [-0.05, 0) is 44.5 Å². The van der Waals surface area contributed by atoms with Crippen LogP contribution >= 0.6 is 23.2 Å². The number of carbonyl (C=O) groups excluding carboxylic acids is 1. The Balaban J connectivity index is 2.76. The molecule has 106 valence electrons. The molecule has 0 saturated heterocycles. The largest absolute Gasteiger partial charge is 0.345 e. The number of rotatable bonds is 5. The third-order valence-corrected chi connectivity index (χ3v) is 3.72. The summed E-state index contributed by atoms with van der Waals surface area (Å²) >= 11 is 12.1. The maximum Gasteiger partial charge on any atom is 0.239 e. The van der Waals surface area contributed by atoms with Crippen molar-refractivity contribution in [1.82, 2.24) is 10.2 Å². The van der Waals surface area contributed by atoms with Gasteiger partial charge in [-0.1, -0.05) is 23.2 Å². The zero-order valence-electron chi connectivity index (χ0n) is 11.7. The average molecular weight is 303 g/mol. The molecule has 0 aromatic heterocycles. The number of nitrogens with zero attached hydrogens (tertiary/aromatic N) is 1. The van der Waals surface area contributed by atoms with Gasteiger partial charge in [0.25, 0.3) is 0 Å². The highest BCUT2D eigenvalue weighted by Crippen LogP contribution is 2.26. The maximum absolute atomic E-state index is 12.0. The van der Waals surface area contributed by atoms with Crippen LogP contribution in [-0.4, -0.2) is 30.4 Å². The molecule has 1 rings (SSSR count). The van der Waals surface area contributed by atoms with Crippen molar-refractivity contribution in [3.8, 4) is 0 Å². The molecule has 3 nitrogen and oxygen atoms in total. The molecule has 0 aliphatic heterocycles. The van der Waals surface area contributed by atoms with Gasteiger partial charge in [-0.25, -0.2) is 0 Å². The van der Waals surface area contributed by atoms with Crippen molar-refractivity contribution >= 4 is 29.1 Å². The van der Waals surface area contributed by atoms with E-state index in [1.165, 1.54) is 0 Å². The first-order chi connectivity index (χ1) is 8.86. The minimum atomic E-state index is -0.269. The Morgan fingerprint density at radius 2 is 2.00 bits per heavy atom. The SMILES string of the molecule is CCN(C)C(=O)C(C)NC(C)c1cc(Cl)ccc1Cl. The minimum Gasteiger partial charge on any atom is -0.345 e. The Morgan fingerprint density at radius 3 is 2.58 bits per heavy atom. The van der Waals surface area contributed by atoms with Crippen molar-refractivity contribution < 1.29 is 4.79 Å². The summed E-state index contributed by atoms with van der Waals surface area (Å²) in [6, 6.07) is 5.02. The second kappa shape index (κ2) is 7.13.